The predicted molar refractivity (Wildman–Crippen MR) is 113 cm³/mol. The number of amides is 1. The smallest absolute Gasteiger partial charge is 0.339 e. The largest absolute Gasteiger partial charge is 0.451 e. The summed E-state index contributed by atoms with van der Waals surface area (Å²) >= 11 is 0. The number of aromatic nitrogens is 2. The number of anilines is 1. The Balaban J connectivity index is 1.25. The number of ether oxygens (including phenoxy) is 1. The number of hydrogen-bond acceptors (Lipinski definition) is 5. The van der Waals surface area contributed by atoms with E-state index in [1.165, 1.54) is 0 Å². The molecular weight excluding hydrogens is 392 g/mol. The van der Waals surface area contributed by atoms with Crippen LogP contribution in [-0.4, -0.2) is 21.8 Å². The van der Waals surface area contributed by atoms with Gasteiger partial charge in [-0.05, 0) is 43.9 Å². The van der Waals surface area contributed by atoms with Gasteiger partial charge in [-0.1, -0.05) is 30.3 Å². The van der Waals surface area contributed by atoms with E-state index in [2.05, 4.69) is 21.4 Å². The van der Waals surface area contributed by atoms with Gasteiger partial charge in [0.1, 0.15) is 11.4 Å². The van der Waals surface area contributed by atoms with Gasteiger partial charge < -0.3 is 15.0 Å². The van der Waals surface area contributed by atoms with Crippen molar-refractivity contribution in [1.29, 1.82) is 5.26 Å². The summed E-state index contributed by atoms with van der Waals surface area (Å²) in [5.41, 5.74) is 2.30. The lowest BCUT2D eigenvalue weighted by Crippen LogP contribution is -2.36. The molecule has 0 bridgehead atoms. The van der Waals surface area contributed by atoms with Gasteiger partial charge in [0.05, 0.1) is 17.2 Å². The summed E-state index contributed by atoms with van der Waals surface area (Å²) in [6, 6.07) is 16.7. The first kappa shape index (κ1) is 19.1. The molecule has 0 unspecified atom stereocenters. The fourth-order valence-corrected chi connectivity index (χ4v) is 4.56. The monoisotopic (exact) mass is 412 g/mol. The first-order valence-electron chi connectivity index (χ1n) is 10.3. The molecule has 2 aliphatic rings. The average molecular weight is 412 g/mol. The molecule has 0 atom stereocenters. The third kappa shape index (κ3) is 3.36. The van der Waals surface area contributed by atoms with Crippen LogP contribution in [0.1, 0.15) is 47.2 Å². The molecule has 7 nitrogen and oxygen atoms in total. The number of nitrogens with one attached hydrogen (secondary N) is 2. The molecule has 2 N–H and O–H groups in total. The van der Waals surface area contributed by atoms with E-state index in [9.17, 15) is 9.59 Å². The average Bonchev–Trinajstić information content (AvgIpc) is 3.38. The number of benzene rings is 2. The molecule has 1 aromatic heterocycles. The van der Waals surface area contributed by atoms with Crippen molar-refractivity contribution in [1.82, 2.24) is 9.97 Å². The highest BCUT2D eigenvalue weighted by atomic mass is 16.6. The zero-order valence-electron chi connectivity index (χ0n) is 16.7. The zero-order chi connectivity index (χ0) is 21.4. The number of esters is 1. The van der Waals surface area contributed by atoms with Gasteiger partial charge >= 0.3 is 5.97 Å². The highest BCUT2D eigenvalue weighted by Gasteiger charge is 2.48. The summed E-state index contributed by atoms with van der Waals surface area (Å²) in [6.07, 6.45) is 4.16. The molecule has 1 amide bonds. The Labute approximate surface area is 179 Å². The minimum absolute atomic E-state index is 0.0868. The van der Waals surface area contributed by atoms with Gasteiger partial charge in [0, 0.05) is 23.2 Å². The van der Waals surface area contributed by atoms with Crippen molar-refractivity contribution in [2.45, 2.75) is 31.3 Å². The minimum atomic E-state index is -0.601. The zero-order valence-corrected chi connectivity index (χ0v) is 16.7. The number of fused-ring (bicyclic) bond motifs is 2. The van der Waals surface area contributed by atoms with Crippen LogP contribution in [0.5, 0.6) is 0 Å². The van der Waals surface area contributed by atoms with Crippen molar-refractivity contribution in [3.63, 3.8) is 0 Å². The van der Waals surface area contributed by atoms with E-state index in [1.54, 1.807) is 30.5 Å². The quantitative estimate of drug-likeness (QED) is 0.629. The van der Waals surface area contributed by atoms with Crippen LogP contribution in [-0.2, 0) is 15.1 Å². The Kier molecular flexibility index (Phi) is 4.55. The highest BCUT2D eigenvalue weighted by molar-refractivity contribution is 5.95. The standard InChI is InChI=1S/C24H20N4O3/c25-13-15-4-3-5-17(12-15)21-26-14-20(27-21)28-22(29)16-8-10-24(11-9-16)19-7-2-1-6-18(19)23(30)31-24/h1-7,12,14,16H,8-11H2,(H,26,27)(H,28,29)/t16-,24-. The number of H-pyrrole nitrogens is 1. The molecule has 1 aliphatic heterocycles. The molecular formula is C24H20N4O3. The lowest BCUT2D eigenvalue weighted by Gasteiger charge is -2.35. The number of aromatic amines is 1. The molecule has 3 aromatic rings. The van der Waals surface area contributed by atoms with Gasteiger partial charge in [0.2, 0.25) is 5.91 Å². The molecule has 0 saturated heterocycles. The van der Waals surface area contributed by atoms with Crippen molar-refractivity contribution in [2.24, 2.45) is 5.92 Å². The number of carbonyl (C=O) groups is 2. The molecule has 7 heteroatoms. The molecule has 2 heterocycles. The molecule has 2 aromatic carbocycles. The van der Waals surface area contributed by atoms with Crippen molar-refractivity contribution in [2.75, 3.05) is 5.32 Å². The highest BCUT2D eigenvalue weighted by Crippen LogP contribution is 2.48. The number of hydrogen-bond donors (Lipinski definition) is 2. The van der Waals surface area contributed by atoms with Crippen LogP contribution >= 0.6 is 0 Å². The maximum absolute atomic E-state index is 12.8. The molecule has 5 rings (SSSR count). The molecule has 0 radical (unpaired) electrons. The normalized spacial score (nSPS) is 21.9. The van der Waals surface area contributed by atoms with Crippen LogP contribution in [0.4, 0.5) is 5.82 Å². The summed E-state index contributed by atoms with van der Waals surface area (Å²) in [6.45, 7) is 0. The van der Waals surface area contributed by atoms with Crippen LogP contribution in [0, 0.1) is 17.2 Å². The second-order valence-electron chi connectivity index (χ2n) is 8.02. The van der Waals surface area contributed by atoms with Gasteiger partial charge in [-0.2, -0.15) is 5.26 Å². The fraction of sp³-hybridized carbons (Fsp3) is 0.250. The second-order valence-corrected chi connectivity index (χ2v) is 8.02. The van der Waals surface area contributed by atoms with Gasteiger partial charge in [0.25, 0.3) is 0 Å². The first-order valence-corrected chi connectivity index (χ1v) is 10.3. The summed E-state index contributed by atoms with van der Waals surface area (Å²) in [5, 5.41) is 11.9. The third-order valence-corrected chi connectivity index (χ3v) is 6.18. The van der Waals surface area contributed by atoms with E-state index in [0.717, 1.165) is 11.1 Å². The minimum Gasteiger partial charge on any atom is -0.451 e. The molecule has 1 aliphatic carbocycles. The molecule has 1 saturated carbocycles. The molecule has 1 fully saturated rings. The van der Waals surface area contributed by atoms with Gasteiger partial charge in [-0.3, -0.25) is 4.79 Å². The van der Waals surface area contributed by atoms with Crippen LogP contribution < -0.4 is 5.32 Å². The van der Waals surface area contributed by atoms with E-state index >= 15 is 0 Å². The Bertz CT molecular complexity index is 1220. The van der Waals surface area contributed by atoms with E-state index < -0.39 is 5.60 Å². The lowest BCUT2D eigenvalue weighted by atomic mass is 9.74. The Morgan fingerprint density at radius 1 is 1.19 bits per heavy atom. The second kappa shape index (κ2) is 7.40. The van der Waals surface area contributed by atoms with Crippen molar-refractivity contribution in [3.8, 4) is 17.5 Å². The Morgan fingerprint density at radius 3 is 2.81 bits per heavy atom. The number of nitrogens with zero attached hydrogens (tertiary/aromatic N) is 2. The van der Waals surface area contributed by atoms with E-state index in [0.29, 0.717) is 48.5 Å². The van der Waals surface area contributed by atoms with E-state index in [-0.39, 0.29) is 17.8 Å². The van der Waals surface area contributed by atoms with Crippen LogP contribution in [0.2, 0.25) is 0 Å². The third-order valence-electron chi connectivity index (χ3n) is 6.18. The number of carbonyl (C=O) groups excluding carboxylic acids is 2. The molecule has 31 heavy (non-hydrogen) atoms. The predicted octanol–water partition coefficient (Wildman–Crippen LogP) is 4.14. The SMILES string of the molecule is N#Cc1cccc(-c2nc(NC(=O)[C@H]3CC[C@@]4(CC3)OC(=O)c3ccccc34)c[nH]2)c1. The van der Waals surface area contributed by atoms with Crippen molar-refractivity contribution < 1.29 is 14.3 Å². The van der Waals surface area contributed by atoms with Crippen LogP contribution in [0.15, 0.2) is 54.7 Å². The number of rotatable bonds is 3. The van der Waals surface area contributed by atoms with Gasteiger partial charge in [0.15, 0.2) is 5.82 Å². The maximum atomic E-state index is 12.8. The maximum Gasteiger partial charge on any atom is 0.339 e. The summed E-state index contributed by atoms with van der Waals surface area (Å²) < 4.78 is 5.77. The number of imidazole rings is 1. The van der Waals surface area contributed by atoms with E-state index in [4.69, 9.17) is 10.00 Å². The van der Waals surface area contributed by atoms with Gasteiger partial charge in [-0.15, -0.1) is 0 Å². The first-order chi connectivity index (χ1) is 15.1. The van der Waals surface area contributed by atoms with Crippen LogP contribution in [0.25, 0.3) is 11.4 Å². The van der Waals surface area contributed by atoms with Crippen LogP contribution in [0.3, 0.4) is 0 Å². The summed E-state index contributed by atoms with van der Waals surface area (Å²) in [5.74, 6) is 0.503. The number of nitriles is 1. The van der Waals surface area contributed by atoms with Crippen molar-refractivity contribution in [3.05, 3.63) is 71.4 Å². The van der Waals surface area contributed by atoms with Crippen molar-refractivity contribution >= 4 is 17.7 Å². The Morgan fingerprint density at radius 2 is 2.00 bits per heavy atom. The molecule has 1 spiro atoms. The Hall–Kier alpha value is -3.92. The fourth-order valence-electron chi connectivity index (χ4n) is 4.56. The lowest BCUT2D eigenvalue weighted by molar-refractivity contribution is -0.122. The van der Waals surface area contributed by atoms with Gasteiger partial charge in [-0.25, -0.2) is 9.78 Å². The van der Waals surface area contributed by atoms with E-state index in [1.807, 2.05) is 24.3 Å². The topological polar surface area (TPSA) is 108 Å². The molecule has 154 valence electrons. The summed E-state index contributed by atoms with van der Waals surface area (Å²) in [7, 11) is 0. The summed E-state index contributed by atoms with van der Waals surface area (Å²) in [4.78, 5) is 32.5.